The normalized spacial score (nSPS) is 11.2. The topological polar surface area (TPSA) is 56.0 Å². The molecule has 227 valence electrons. The number of rotatable bonds is 4. The largest absolute Gasteiger partial charge is 0.486 e. The zero-order valence-electron chi connectivity index (χ0n) is 25.3. The van der Waals surface area contributed by atoms with Crippen LogP contribution in [0, 0.1) is 26.0 Å². The number of aromatic nitrogens is 2. The smallest absolute Gasteiger partial charge is 0.216 e. The number of furan rings is 1. The predicted molar refractivity (Wildman–Crippen MR) is 185 cm³/mol. The van der Waals surface area contributed by atoms with Crippen LogP contribution in [0.2, 0.25) is 0 Å². The van der Waals surface area contributed by atoms with Gasteiger partial charge >= 0.3 is 0 Å². The fraction of sp³-hybridized carbons (Fsp3) is 0.0500. The number of pyridine rings is 2. The van der Waals surface area contributed by atoms with Crippen LogP contribution in [0.5, 0.6) is 0 Å². The second-order valence-corrected chi connectivity index (χ2v) is 13.7. The monoisotopic (exact) mass is 793 g/mol. The molecular weight excluding hydrogens is 764 g/mol. The van der Waals surface area contributed by atoms with Crippen LogP contribution in [0.4, 0.5) is 0 Å². The van der Waals surface area contributed by atoms with Crippen molar-refractivity contribution in [2.75, 3.05) is 0 Å². The van der Waals surface area contributed by atoms with Crippen molar-refractivity contribution in [3.05, 3.63) is 163 Å². The second kappa shape index (κ2) is 13.4. The Labute approximate surface area is 281 Å². The number of aryl methyl sites for hydroxylation is 2. The van der Waals surface area contributed by atoms with Gasteiger partial charge in [0.25, 0.3) is 0 Å². The second-order valence-electron chi connectivity index (χ2n) is 11.0. The van der Waals surface area contributed by atoms with Gasteiger partial charge in [0.15, 0.2) is 0 Å². The molecule has 0 spiro atoms. The van der Waals surface area contributed by atoms with Crippen molar-refractivity contribution >= 4 is 55.9 Å². The van der Waals surface area contributed by atoms with Gasteiger partial charge in [0.05, 0.1) is 5.58 Å². The van der Waals surface area contributed by atoms with E-state index in [0.717, 1.165) is 65.6 Å². The van der Waals surface area contributed by atoms with E-state index in [1.54, 1.807) is 0 Å². The standard InChI is InChI=1S/C22H16OP.C18H13N2O.Ir/c23-24(20-11-3-1-4-12-20,21-13-5-2-6-14-21)22-16-15-18-9-7-8-10-19(18)17-22;1-11-6-9-16(19-10-11)15-5-3-4-13-14-8-7-12(2)20-18(14)21-17(13)15;/h1-15,17H;3-4,6-10H,1-2H3;/q2*-1;. The van der Waals surface area contributed by atoms with Gasteiger partial charge in [0.1, 0.15) is 7.14 Å². The van der Waals surface area contributed by atoms with E-state index < -0.39 is 7.14 Å². The molecule has 46 heavy (non-hydrogen) atoms. The van der Waals surface area contributed by atoms with Crippen molar-refractivity contribution < 1.29 is 29.1 Å². The summed E-state index contributed by atoms with van der Waals surface area (Å²) in [4.78, 5) is 8.94. The third-order valence-electron chi connectivity index (χ3n) is 7.85. The molecular formula is C40H29IrN2O2P-2. The predicted octanol–water partition coefficient (Wildman–Crippen LogP) is 8.74. The molecule has 3 heterocycles. The van der Waals surface area contributed by atoms with E-state index in [1.165, 1.54) is 0 Å². The van der Waals surface area contributed by atoms with E-state index in [0.29, 0.717) is 5.71 Å². The van der Waals surface area contributed by atoms with Gasteiger partial charge in [-0.1, -0.05) is 107 Å². The van der Waals surface area contributed by atoms with Gasteiger partial charge in [-0.15, -0.1) is 35.0 Å². The van der Waals surface area contributed by atoms with Crippen molar-refractivity contribution in [2.45, 2.75) is 13.8 Å². The number of benzene rings is 5. The molecule has 4 nitrogen and oxygen atoms in total. The minimum atomic E-state index is -2.94. The van der Waals surface area contributed by atoms with Crippen molar-refractivity contribution in [1.82, 2.24) is 9.97 Å². The van der Waals surface area contributed by atoms with Gasteiger partial charge < -0.3 is 14.0 Å². The Kier molecular flexibility index (Phi) is 9.10. The number of hydrogen-bond acceptors (Lipinski definition) is 4. The molecule has 0 saturated heterocycles. The molecule has 5 aromatic carbocycles. The van der Waals surface area contributed by atoms with Gasteiger partial charge in [-0.05, 0) is 37.2 Å². The molecule has 3 aromatic heterocycles. The van der Waals surface area contributed by atoms with Crippen LogP contribution in [-0.4, -0.2) is 9.97 Å². The third kappa shape index (κ3) is 5.98. The molecule has 0 unspecified atom stereocenters. The summed E-state index contributed by atoms with van der Waals surface area (Å²) in [5.41, 5.74) is 5.28. The maximum Gasteiger partial charge on any atom is 0.216 e. The zero-order valence-corrected chi connectivity index (χ0v) is 28.6. The van der Waals surface area contributed by atoms with E-state index in [9.17, 15) is 4.57 Å². The zero-order chi connectivity index (χ0) is 30.8. The van der Waals surface area contributed by atoms with Crippen LogP contribution in [-0.2, 0) is 24.7 Å². The molecule has 0 aliphatic rings. The number of nitrogens with zero attached hydrogens (tertiary/aromatic N) is 2. The molecule has 8 aromatic rings. The Hall–Kier alpha value is -4.66. The van der Waals surface area contributed by atoms with Gasteiger partial charge in [-0.2, -0.15) is 18.2 Å². The van der Waals surface area contributed by atoms with Crippen molar-refractivity contribution in [2.24, 2.45) is 0 Å². The molecule has 6 heteroatoms. The first-order valence-corrected chi connectivity index (χ1v) is 16.5. The van der Waals surface area contributed by atoms with Crippen molar-refractivity contribution in [3.8, 4) is 11.3 Å². The van der Waals surface area contributed by atoms with Crippen molar-refractivity contribution in [3.63, 3.8) is 0 Å². The minimum absolute atomic E-state index is 0. The quantitative estimate of drug-likeness (QED) is 0.132. The van der Waals surface area contributed by atoms with E-state index >= 15 is 0 Å². The summed E-state index contributed by atoms with van der Waals surface area (Å²) < 4.78 is 20.2. The van der Waals surface area contributed by atoms with Crippen LogP contribution in [0.1, 0.15) is 11.3 Å². The van der Waals surface area contributed by atoms with Crippen LogP contribution in [0.25, 0.3) is 44.1 Å². The molecule has 0 atom stereocenters. The van der Waals surface area contributed by atoms with E-state index in [2.05, 4.69) is 28.2 Å². The molecule has 1 radical (unpaired) electrons. The Bertz CT molecular complexity index is 2280. The Morgan fingerprint density at radius 3 is 2.04 bits per heavy atom. The van der Waals surface area contributed by atoms with Gasteiger partial charge in [-0.3, -0.25) is 0 Å². The van der Waals surface area contributed by atoms with E-state index in [1.807, 2.05) is 147 Å². The van der Waals surface area contributed by atoms with Gasteiger partial charge in [0, 0.05) is 48.0 Å². The van der Waals surface area contributed by atoms with Crippen LogP contribution < -0.4 is 15.9 Å². The average molecular weight is 793 g/mol. The van der Waals surface area contributed by atoms with E-state index in [-0.39, 0.29) is 20.1 Å². The molecule has 0 saturated carbocycles. The number of hydrogen-bond donors (Lipinski definition) is 0. The third-order valence-corrected chi connectivity index (χ3v) is 10.8. The SMILES string of the molecule is Cc1ccc(-c2[c-]ccc3c2oc2nc(C)ccc23)nc1.O=P(c1[c-]cc2ccccc2c1)(c1ccccc1)c1ccccc1.[Ir]. The summed E-state index contributed by atoms with van der Waals surface area (Å²) in [7, 11) is -2.94. The van der Waals surface area contributed by atoms with E-state index in [4.69, 9.17) is 4.42 Å². The number of fused-ring (bicyclic) bond motifs is 4. The summed E-state index contributed by atoms with van der Waals surface area (Å²) in [5.74, 6) is 0. The van der Waals surface area contributed by atoms with Crippen LogP contribution in [0.3, 0.4) is 0 Å². The summed E-state index contributed by atoms with van der Waals surface area (Å²) in [6.45, 7) is 3.98. The minimum Gasteiger partial charge on any atom is -0.486 e. The molecule has 8 rings (SSSR count). The molecule has 0 N–H and O–H groups in total. The molecule has 0 fully saturated rings. The molecule has 0 aliphatic heterocycles. The summed E-state index contributed by atoms with van der Waals surface area (Å²) >= 11 is 0. The molecule has 0 aliphatic carbocycles. The summed E-state index contributed by atoms with van der Waals surface area (Å²) in [5, 5.41) is 6.68. The maximum atomic E-state index is 14.2. The summed E-state index contributed by atoms with van der Waals surface area (Å²) in [6, 6.07) is 50.0. The Morgan fingerprint density at radius 2 is 1.37 bits per heavy atom. The first-order valence-electron chi connectivity index (χ1n) is 14.8. The molecule has 0 amide bonds. The fourth-order valence-corrected chi connectivity index (χ4v) is 8.13. The fourth-order valence-electron chi connectivity index (χ4n) is 5.52. The van der Waals surface area contributed by atoms with Crippen LogP contribution in [0.15, 0.2) is 144 Å². The van der Waals surface area contributed by atoms with Gasteiger partial charge in [0.2, 0.25) is 5.71 Å². The maximum absolute atomic E-state index is 14.2. The van der Waals surface area contributed by atoms with Crippen molar-refractivity contribution in [1.29, 1.82) is 0 Å². The Morgan fingerprint density at radius 1 is 0.696 bits per heavy atom. The molecule has 0 bridgehead atoms. The average Bonchev–Trinajstić information content (AvgIpc) is 3.47. The van der Waals surface area contributed by atoms with Gasteiger partial charge in [-0.25, -0.2) is 4.98 Å². The summed E-state index contributed by atoms with van der Waals surface area (Å²) in [6.07, 6.45) is 1.85. The Balaban J connectivity index is 0.000000159. The first-order chi connectivity index (χ1) is 22.0. The van der Waals surface area contributed by atoms with Crippen LogP contribution >= 0.6 is 7.14 Å². The first kappa shape index (κ1) is 31.3.